The smallest absolute Gasteiger partial charge is 0.404 e. The molecule has 0 aromatic rings. The number of hydrogen-bond donors (Lipinski definition) is 2. The summed E-state index contributed by atoms with van der Waals surface area (Å²) in [6, 6.07) is 0.257. The molecule has 3 heteroatoms. The summed E-state index contributed by atoms with van der Waals surface area (Å²) in [7, 11) is 0. The maximum Gasteiger partial charge on any atom is 0.404 e. The summed E-state index contributed by atoms with van der Waals surface area (Å²) >= 11 is 0. The largest absolute Gasteiger partial charge is 0.465 e. The first-order valence-electron chi connectivity index (χ1n) is 3.23. The highest BCUT2D eigenvalue weighted by atomic mass is 16.4. The number of hydrogen-bond acceptors (Lipinski definition) is 1. The van der Waals surface area contributed by atoms with Gasteiger partial charge in [0.25, 0.3) is 0 Å². The van der Waals surface area contributed by atoms with E-state index < -0.39 is 6.09 Å². The van der Waals surface area contributed by atoms with E-state index in [1.54, 1.807) is 0 Å². The fraction of sp³-hybridized carbons (Fsp3) is 0.833. The van der Waals surface area contributed by atoms with Crippen molar-refractivity contribution >= 4 is 6.09 Å². The lowest BCUT2D eigenvalue weighted by Crippen LogP contribution is -2.24. The van der Waals surface area contributed by atoms with E-state index in [9.17, 15) is 4.79 Å². The molecule has 1 rings (SSSR count). The molecular weight excluding hydrogens is 118 g/mol. The van der Waals surface area contributed by atoms with Gasteiger partial charge in [-0.2, -0.15) is 0 Å². The van der Waals surface area contributed by atoms with E-state index in [0.29, 0.717) is 5.92 Å². The van der Waals surface area contributed by atoms with Crippen molar-refractivity contribution in [2.24, 2.45) is 5.92 Å². The van der Waals surface area contributed by atoms with Gasteiger partial charge in [0.05, 0.1) is 0 Å². The monoisotopic (exact) mass is 129 g/mol. The summed E-state index contributed by atoms with van der Waals surface area (Å²) in [5.74, 6) is 0.612. The number of nitrogens with one attached hydrogen (secondary N) is 1. The molecule has 0 aliphatic heterocycles. The lowest BCUT2D eigenvalue weighted by atomic mass is 10.3. The van der Waals surface area contributed by atoms with E-state index in [-0.39, 0.29) is 6.04 Å². The van der Waals surface area contributed by atoms with E-state index >= 15 is 0 Å². The number of rotatable bonds is 2. The van der Waals surface area contributed by atoms with Gasteiger partial charge in [-0.05, 0) is 12.3 Å². The third-order valence-electron chi connectivity index (χ3n) is 1.76. The molecule has 52 valence electrons. The predicted molar refractivity (Wildman–Crippen MR) is 33.3 cm³/mol. The highest BCUT2D eigenvalue weighted by Gasteiger charge is 2.36. The van der Waals surface area contributed by atoms with Crippen LogP contribution in [-0.4, -0.2) is 17.2 Å². The molecule has 3 nitrogen and oxygen atoms in total. The standard InChI is InChI=1S/C6H11NO2/c1-2-4-3-5(4)7-6(8)9/h4-5,7H,2-3H2,1H3,(H,8,9)/t4-,5-/m0/s1. The molecule has 0 unspecified atom stereocenters. The molecule has 1 amide bonds. The van der Waals surface area contributed by atoms with Crippen molar-refractivity contribution in [3.8, 4) is 0 Å². The molecular formula is C6H11NO2. The van der Waals surface area contributed by atoms with Crippen LogP contribution in [0.1, 0.15) is 19.8 Å². The van der Waals surface area contributed by atoms with Crippen molar-refractivity contribution in [1.82, 2.24) is 5.32 Å². The van der Waals surface area contributed by atoms with Crippen molar-refractivity contribution in [3.05, 3.63) is 0 Å². The second-order valence-corrected chi connectivity index (χ2v) is 2.46. The average molecular weight is 129 g/mol. The third kappa shape index (κ3) is 1.59. The highest BCUT2D eigenvalue weighted by molar-refractivity contribution is 5.65. The van der Waals surface area contributed by atoms with Crippen molar-refractivity contribution < 1.29 is 9.90 Å². The Bertz CT molecular complexity index is 124. The van der Waals surface area contributed by atoms with E-state index in [4.69, 9.17) is 5.11 Å². The summed E-state index contributed by atoms with van der Waals surface area (Å²) in [6.45, 7) is 2.08. The predicted octanol–water partition coefficient (Wildman–Crippen LogP) is 1.05. The van der Waals surface area contributed by atoms with Crippen molar-refractivity contribution in [2.75, 3.05) is 0 Å². The average Bonchev–Trinajstić information content (AvgIpc) is 2.45. The zero-order chi connectivity index (χ0) is 6.85. The first-order valence-corrected chi connectivity index (χ1v) is 3.23. The first kappa shape index (κ1) is 6.39. The zero-order valence-corrected chi connectivity index (χ0v) is 5.42. The number of amides is 1. The SMILES string of the molecule is CC[C@H]1C[C@@H]1NC(=O)O. The lowest BCUT2D eigenvalue weighted by molar-refractivity contribution is 0.193. The molecule has 0 aromatic carbocycles. The fourth-order valence-electron chi connectivity index (χ4n) is 1.03. The summed E-state index contributed by atoms with van der Waals surface area (Å²) in [6.07, 6.45) is 1.23. The fourth-order valence-corrected chi connectivity index (χ4v) is 1.03. The zero-order valence-electron chi connectivity index (χ0n) is 5.42. The Kier molecular flexibility index (Phi) is 1.60. The van der Waals surface area contributed by atoms with E-state index in [2.05, 4.69) is 12.2 Å². The maximum atomic E-state index is 10.0. The topological polar surface area (TPSA) is 49.3 Å². The molecule has 1 aliphatic carbocycles. The summed E-state index contributed by atoms with van der Waals surface area (Å²) < 4.78 is 0. The quantitative estimate of drug-likeness (QED) is 0.585. The van der Waals surface area contributed by atoms with E-state index in [1.807, 2.05) is 0 Å². The maximum absolute atomic E-state index is 10.0. The van der Waals surface area contributed by atoms with Gasteiger partial charge in [0.1, 0.15) is 0 Å². The van der Waals surface area contributed by atoms with Crippen LogP contribution < -0.4 is 5.32 Å². The molecule has 1 fully saturated rings. The van der Waals surface area contributed by atoms with Crippen LogP contribution in [0.2, 0.25) is 0 Å². The van der Waals surface area contributed by atoms with Gasteiger partial charge in [0.15, 0.2) is 0 Å². The molecule has 0 spiro atoms. The molecule has 2 atom stereocenters. The minimum atomic E-state index is -0.893. The summed E-state index contributed by atoms with van der Waals surface area (Å²) in [5.41, 5.74) is 0. The molecule has 1 saturated carbocycles. The van der Waals surface area contributed by atoms with Crippen molar-refractivity contribution in [2.45, 2.75) is 25.8 Å². The Balaban J connectivity index is 2.12. The van der Waals surface area contributed by atoms with Gasteiger partial charge in [0, 0.05) is 6.04 Å². The molecule has 1 aliphatic rings. The number of carbonyl (C=O) groups is 1. The van der Waals surface area contributed by atoms with Crippen LogP contribution in [0.5, 0.6) is 0 Å². The Labute approximate surface area is 54.1 Å². The Morgan fingerprint density at radius 3 is 2.89 bits per heavy atom. The van der Waals surface area contributed by atoms with Gasteiger partial charge in [0.2, 0.25) is 0 Å². The Hall–Kier alpha value is -0.730. The van der Waals surface area contributed by atoms with Gasteiger partial charge in [-0.1, -0.05) is 13.3 Å². The Morgan fingerprint density at radius 2 is 2.56 bits per heavy atom. The van der Waals surface area contributed by atoms with Crippen LogP contribution in [0.4, 0.5) is 4.79 Å². The van der Waals surface area contributed by atoms with E-state index in [0.717, 1.165) is 12.8 Å². The molecule has 9 heavy (non-hydrogen) atoms. The summed E-state index contributed by atoms with van der Waals surface area (Å²) in [5, 5.41) is 10.7. The van der Waals surface area contributed by atoms with Crippen LogP contribution in [0.25, 0.3) is 0 Å². The van der Waals surface area contributed by atoms with Gasteiger partial charge < -0.3 is 10.4 Å². The first-order chi connectivity index (χ1) is 4.24. The minimum Gasteiger partial charge on any atom is -0.465 e. The van der Waals surface area contributed by atoms with Crippen LogP contribution in [0, 0.1) is 5.92 Å². The molecule has 0 aromatic heterocycles. The van der Waals surface area contributed by atoms with Gasteiger partial charge in [-0.25, -0.2) is 4.79 Å². The van der Waals surface area contributed by atoms with Crippen LogP contribution in [-0.2, 0) is 0 Å². The lowest BCUT2D eigenvalue weighted by Gasteiger charge is -1.94. The molecule has 0 radical (unpaired) electrons. The minimum absolute atomic E-state index is 0.257. The second-order valence-electron chi connectivity index (χ2n) is 2.46. The van der Waals surface area contributed by atoms with Crippen molar-refractivity contribution in [3.63, 3.8) is 0 Å². The summed E-state index contributed by atoms with van der Waals surface area (Å²) in [4.78, 5) is 10.0. The van der Waals surface area contributed by atoms with Gasteiger partial charge in [-0.15, -0.1) is 0 Å². The molecule has 0 saturated heterocycles. The Morgan fingerprint density at radius 1 is 1.89 bits per heavy atom. The highest BCUT2D eigenvalue weighted by Crippen LogP contribution is 2.32. The van der Waals surface area contributed by atoms with Gasteiger partial charge >= 0.3 is 6.09 Å². The van der Waals surface area contributed by atoms with Crippen LogP contribution >= 0.6 is 0 Å². The normalized spacial score (nSPS) is 31.7. The second kappa shape index (κ2) is 2.25. The van der Waals surface area contributed by atoms with Crippen LogP contribution in [0.15, 0.2) is 0 Å². The third-order valence-corrected chi connectivity index (χ3v) is 1.76. The van der Waals surface area contributed by atoms with E-state index in [1.165, 1.54) is 0 Å². The number of carboxylic acid groups (broad SMARTS) is 1. The molecule has 2 N–H and O–H groups in total. The van der Waals surface area contributed by atoms with Crippen molar-refractivity contribution in [1.29, 1.82) is 0 Å². The molecule has 0 bridgehead atoms. The molecule has 0 heterocycles. The van der Waals surface area contributed by atoms with Crippen LogP contribution in [0.3, 0.4) is 0 Å². The van der Waals surface area contributed by atoms with Gasteiger partial charge in [-0.3, -0.25) is 0 Å².